The maximum atomic E-state index is 10.9. The first-order valence-corrected chi connectivity index (χ1v) is 3.50. The summed E-state index contributed by atoms with van der Waals surface area (Å²) in [6.07, 6.45) is 0.963. The van der Waals surface area contributed by atoms with Crippen LogP contribution in [0.3, 0.4) is 0 Å². The molecule has 0 amide bonds. The summed E-state index contributed by atoms with van der Waals surface area (Å²) >= 11 is 0. The van der Waals surface area contributed by atoms with Gasteiger partial charge >= 0.3 is 11.9 Å². The van der Waals surface area contributed by atoms with Crippen LogP contribution in [0.4, 0.5) is 0 Å². The fourth-order valence-electron chi connectivity index (χ4n) is 1.39. The van der Waals surface area contributed by atoms with Gasteiger partial charge in [-0.1, -0.05) is 0 Å². The van der Waals surface area contributed by atoms with Gasteiger partial charge in [-0.15, -0.1) is 11.8 Å². The molecular formula is C8H6O3. The molecule has 0 spiro atoms. The molecule has 0 radical (unpaired) electrons. The van der Waals surface area contributed by atoms with Crippen molar-refractivity contribution in [3.05, 3.63) is 0 Å². The zero-order chi connectivity index (χ0) is 7.84. The van der Waals surface area contributed by atoms with Crippen molar-refractivity contribution in [3.8, 4) is 11.8 Å². The fraction of sp³-hybridized carbons (Fsp3) is 0.500. The number of carbonyl (C=O) groups is 2. The van der Waals surface area contributed by atoms with Gasteiger partial charge in [0.15, 0.2) is 0 Å². The van der Waals surface area contributed by atoms with Crippen LogP contribution in [-0.4, -0.2) is 11.9 Å². The number of fused-ring (bicyclic) bond motifs is 1. The van der Waals surface area contributed by atoms with Crippen molar-refractivity contribution in [2.75, 3.05) is 0 Å². The predicted molar refractivity (Wildman–Crippen MR) is 35.1 cm³/mol. The number of cyclic esters (lactones) is 2. The van der Waals surface area contributed by atoms with Crippen molar-refractivity contribution in [2.45, 2.75) is 12.8 Å². The Labute approximate surface area is 63.7 Å². The Morgan fingerprint density at radius 3 is 2.00 bits per heavy atom. The van der Waals surface area contributed by atoms with Crippen LogP contribution >= 0.6 is 0 Å². The van der Waals surface area contributed by atoms with Gasteiger partial charge in [-0.05, 0) is 0 Å². The van der Waals surface area contributed by atoms with Crippen LogP contribution in [0.15, 0.2) is 0 Å². The van der Waals surface area contributed by atoms with Gasteiger partial charge in [-0.3, -0.25) is 9.59 Å². The van der Waals surface area contributed by atoms with Gasteiger partial charge in [0.25, 0.3) is 0 Å². The molecule has 1 aliphatic carbocycles. The van der Waals surface area contributed by atoms with Gasteiger partial charge < -0.3 is 4.74 Å². The summed E-state index contributed by atoms with van der Waals surface area (Å²) in [5, 5.41) is 0. The Morgan fingerprint density at radius 2 is 1.55 bits per heavy atom. The lowest BCUT2D eigenvalue weighted by atomic mass is 9.87. The first-order valence-electron chi connectivity index (χ1n) is 3.50. The van der Waals surface area contributed by atoms with E-state index in [2.05, 4.69) is 16.6 Å². The molecule has 0 N–H and O–H groups in total. The van der Waals surface area contributed by atoms with Crippen LogP contribution in [0.5, 0.6) is 0 Å². The highest BCUT2D eigenvalue weighted by Crippen LogP contribution is 2.30. The molecule has 2 unspecified atom stereocenters. The van der Waals surface area contributed by atoms with Gasteiger partial charge in [0.1, 0.15) is 0 Å². The maximum Gasteiger partial charge on any atom is 0.318 e. The quantitative estimate of drug-likeness (QED) is 0.279. The fourth-order valence-corrected chi connectivity index (χ4v) is 1.39. The van der Waals surface area contributed by atoms with E-state index in [0.717, 1.165) is 0 Å². The van der Waals surface area contributed by atoms with Gasteiger partial charge in [0.2, 0.25) is 0 Å². The third kappa shape index (κ3) is 0.829. The van der Waals surface area contributed by atoms with Crippen LogP contribution in [0.2, 0.25) is 0 Å². The van der Waals surface area contributed by atoms with Crippen LogP contribution in [0.25, 0.3) is 0 Å². The highest BCUT2D eigenvalue weighted by molar-refractivity contribution is 5.97. The van der Waals surface area contributed by atoms with Crippen molar-refractivity contribution in [3.63, 3.8) is 0 Å². The van der Waals surface area contributed by atoms with Gasteiger partial charge in [-0.2, -0.15) is 0 Å². The molecule has 0 bridgehead atoms. The molecular weight excluding hydrogens is 144 g/mol. The molecule has 1 aliphatic heterocycles. The van der Waals surface area contributed by atoms with Crippen LogP contribution in [0, 0.1) is 23.7 Å². The largest absolute Gasteiger partial charge is 0.393 e. The summed E-state index contributed by atoms with van der Waals surface area (Å²) in [4.78, 5) is 21.8. The molecule has 0 aromatic heterocycles. The Balaban J connectivity index is 2.30. The molecule has 2 rings (SSSR count). The van der Waals surface area contributed by atoms with Crippen molar-refractivity contribution in [2.24, 2.45) is 11.8 Å². The molecule has 0 aromatic carbocycles. The number of rotatable bonds is 0. The smallest absolute Gasteiger partial charge is 0.318 e. The normalized spacial score (nSPS) is 33.8. The number of hydrogen-bond donors (Lipinski definition) is 0. The Kier molecular flexibility index (Phi) is 1.22. The highest BCUT2D eigenvalue weighted by Gasteiger charge is 2.44. The molecule has 2 atom stereocenters. The van der Waals surface area contributed by atoms with Crippen molar-refractivity contribution < 1.29 is 14.3 Å². The highest BCUT2D eigenvalue weighted by atomic mass is 16.6. The summed E-state index contributed by atoms with van der Waals surface area (Å²) in [7, 11) is 0. The molecule has 0 aromatic rings. The molecule has 11 heavy (non-hydrogen) atoms. The maximum absolute atomic E-state index is 10.9. The Bertz CT molecular complexity index is 255. The lowest BCUT2D eigenvalue weighted by molar-refractivity contribution is -0.153. The van der Waals surface area contributed by atoms with Crippen LogP contribution in [0.1, 0.15) is 12.8 Å². The zero-order valence-electron chi connectivity index (χ0n) is 5.79. The predicted octanol–water partition coefficient (Wildman–Crippen LogP) is 0.0994. The number of esters is 2. The number of hydrogen-bond acceptors (Lipinski definition) is 3. The molecule has 3 nitrogen and oxygen atoms in total. The average Bonchev–Trinajstić information content (AvgIpc) is 2.30. The molecule has 3 heteroatoms. The topological polar surface area (TPSA) is 43.4 Å². The second kappa shape index (κ2) is 2.09. The molecule has 0 saturated carbocycles. The van der Waals surface area contributed by atoms with E-state index in [1.54, 1.807) is 0 Å². The lowest BCUT2D eigenvalue weighted by Crippen LogP contribution is -2.19. The standard InChI is InChI=1S/C8H6O3/c9-7-5-3-1-2-4-6(5)8(10)11-7/h5-6H,3-4H2. The minimum absolute atomic E-state index is 0.274. The van der Waals surface area contributed by atoms with Gasteiger partial charge in [0.05, 0.1) is 11.8 Å². The van der Waals surface area contributed by atoms with E-state index >= 15 is 0 Å². The molecule has 1 fully saturated rings. The Morgan fingerprint density at radius 1 is 1.09 bits per heavy atom. The van der Waals surface area contributed by atoms with E-state index in [0.29, 0.717) is 12.8 Å². The molecule has 1 heterocycles. The van der Waals surface area contributed by atoms with Crippen LogP contribution < -0.4 is 0 Å². The first-order chi connectivity index (χ1) is 5.29. The summed E-state index contributed by atoms with van der Waals surface area (Å²) in [6, 6.07) is 0. The van der Waals surface area contributed by atoms with E-state index in [1.165, 1.54) is 0 Å². The van der Waals surface area contributed by atoms with Gasteiger partial charge in [-0.25, -0.2) is 0 Å². The minimum atomic E-state index is -0.394. The van der Waals surface area contributed by atoms with E-state index in [4.69, 9.17) is 0 Å². The summed E-state index contributed by atoms with van der Waals surface area (Å²) in [6.45, 7) is 0. The van der Waals surface area contributed by atoms with Crippen LogP contribution in [-0.2, 0) is 14.3 Å². The van der Waals surface area contributed by atoms with Crippen molar-refractivity contribution in [1.29, 1.82) is 0 Å². The molecule has 1 saturated heterocycles. The monoisotopic (exact) mass is 150 g/mol. The van der Waals surface area contributed by atoms with E-state index in [1.807, 2.05) is 0 Å². The lowest BCUT2D eigenvalue weighted by Gasteiger charge is -2.09. The minimum Gasteiger partial charge on any atom is -0.393 e. The van der Waals surface area contributed by atoms with Crippen molar-refractivity contribution >= 4 is 11.9 Å². The van der Waals surface area contributed by atoms with E-state index in [-0.39, 0.29) is 11.8 Å². The number of ether oxygens (including phenoxy) is 1. The zero-order valence-corrected chi connectivity index (χ0v) is 5.79. The Hall–Kier alpha value is -1.30. The van der Waals surface area contributed by atoms with E-state index in [9.17, 15) is 9.59 Å². The second-order valence-electron chi connectivity index (χ2n) is 2.71. The van der Waals surface area contributed by atoms with E-state index < -0.39 is 11.9 Å². The molecule has 2 aliphatic rings. The van der Waals surface area contributed by atoms with Crippen molar-refractivity contribution in [1.82, 2.24) is 0 Å². The third-order valence-corrected chi connectivity index (χ3v) is 2.06. The third-order valence-electron chi connectivity index (χ3n) is 2.06. The SMILES string of the molecule is O=C1OC(=O)C2CC#CCC12. The second-order valence-corrected chi connectivity index (χ2v) is 2.71. The molecule has 56 valence electrons. The summed E-state index contributed by atoms with van der Waals surface area (Å²) in [5.41, 5.74) is 0. The average molecular weight is 150 g/mol. The summed E-state index contributed by atoms with van der Waals surface area (Å²) < 4.78 is 4.45. The number of carbonyl (C=O) groups excluding carboxylic acids is 2. The summed E-state index contributed by atoms with van der Waals surface area (Å²) in [5.74, 6) is 4.27. The van der Waals surface area contributed by atoms with Gasteiger partial charge in [0, 0.05) is 12.8 Å². The first kappa shape index (κ1) is 6.41.